The van der Waals surface area contributed by atoms with Gasteiger partial charge in [0.05, 0.1) is 19.4 Å². The first-order valence-electron chi connectivity index (χ1n) is 10.2. The van der Waals surface area contributed by atoms with E-state index in [0.717, 1.165) is 39.5 Å². The van der Waals surface area contributed by atoms with Gasteiger partial charge in [-0.05, 0) is 51.1 Å². The Balaban J connectivity index is 1.83. The van der Waals surface area contributed by atoms with Gasteiger partial charge in [-0.25, -0.2) is 4.79 Å². The van der Waals surface area contributed by atoms with Crippen LogP contribution in [0.3, 0.4) is 0 Å². The topological polar surface area (TPSA) is 137 Å². The van der Waals surface area contributed by atoms with Crippen molar-refractivity contribution in [2.75, 3.05) is 33.3 Å². The third-order valence-corrected chi connectivity index (χ3v) is 5.54. The van der Waals surface area contributed by atoms with Crippen LogP contribution in [0.1, 0.15) is 44.9 Å². The number of alkyl carbamates (subject to hydrolysis) is 1. The Hall–Kier alpha value is -2.36. The molecule has 0 radical (unpaired) electrons. The number of ether oxygens (including phenoxy) is 1. The fourth-order valence-electron chi connectivity index (χ4n) is 3.88. The SMILES string of the molecule is COC(=O)N[C@@H](CC(=O)O)NC(=O)[C@@H]1CCCN(C(=O)CCC2CCNCC2)C1. The van der Waals surface area contributed by atoms with E-state index < -0.39 is 30.6 Å². The number of hydrogen-bond acceptors (Lipinski definition) is 6. The lowest BCUT2D eigenvalue weighted by Gasteiger charge is -2.33. The number of nitrogens with zero attached hydrogens (tertiary/aromatic N) is 1. The molecule has 0 unspecified atom stereocenters. The standard InChI is InChI=1S/C19H32N4O6/c1-29-19(28)22-15(11-17(25)26)21-18(27)14-3-2-10-23(12-14)16(24)5-4-13-6-8-20-9-7-13/h13-15,20H,2-12H2,1H3,(H,21,27)(H,22,28)(H,25,26)/t14-,15+/m1/s1. The molecular weight excluding hydrogens is 380 g/mol. The number of nitrogens with one attached hydrogen (secondary N) is 3. The molecule has 0 bridgehead atoms. The fourth-order valence-corrected chi connectivity index (χ4v) is 3.88. The molecule has 2 heterocycles. The van der Waals surface area contributed by atoms with Crippen LogP contribution < -0.4 is 16.0 Å². The molecule has 0 spiro atoms. The van der Waals surface area contributed by atoms with Gasteiger partial charge in [0.15, 0.2) is 0 Å². The van der Waals surface area contributed by atoms with E-state index in [1.807, 2.05) is 0 Å². The van der Waals surface area contributed by atoms with Crippen LogP contribution in [0.25, 0.3) is 0 Å². The predicted molar refractivity (Wildman–Crippen MR) is 104 cm³/mol. The number of hydrogen-bond donors (Lipinski definition) is 4. The highest BCUT2D eigenvalue weighted by Gasteiger charge is 2.30. The minimum absolute atomic E-state index is 0.0656. The summed E-state index contributed by atoms with van der Waals surface area (Å²) in [6, 6.07) is 0. The maximum Gasteiger partial charge on any atom is 0.408 e. The number of carbonyl (C=O) groups excluding carboxylic acids is 3. The van der Waals surface area contributed by atoms with Gasteiger partial charge in [0.2, 0.25) is 11.8 Å². The molecule has 0 aromatic carbocycles. The molecule has 2 fully saturated rings. The van der Waals surface area contributed by atoms with Gasteiger partial charge < -0.3 is 30.7 Å². The summed E-state index contributed by atoms with van der Waals surface area (Å²) < 4.78 is 4.46. The van der Waals surface area contributed by atoms with Crippen molar-refractivity contribution in [1.82, 2.24) is 20.9 Å². The number of piperidine rings is 2. The summed E-state index contributed by atoms with van der Waals surface area (Å²) in [5.74, 6) is -1.32. The number of carboxylic acid groups (broad SMARTS) is 1. The first kappa shape index (κ1) is 22.9. The summed E-state index contributed by atoms with van der Waals surface area (Å²) in [5.41, 5.74) is 0. The summed E-state index contributed by atoms with van der Waals surface area (Å²) in [6.45, 7) is 2.95. The highest BCUT2D eigenvalue weighted by Crippen LogP contribution is 2.21. The number of aliphatic carboxylic acids is 1. The molecule has 0 saturated carbocycles. The molecule has 29 heavy (non-hydrogen) atoms. The van der Waals surface area contributed by atoms with E-state index in [9.17, 15) is 19.2 Å². The molecule has 4 N–H and O–H groups in total. The molecule has 2 saturated heterocycles. The maximum atomic E-state index is 12.6. The van der Waals surface area contributed by atoms with Crippen molar-refractivity contribution in [2.45, 2.75) is 51.1 Å². The average Bonchev–Trinajstić information content (AvgIpc) is 2.72. The number of rotatable bonds is 8. The van der Waals surface area contributed by atoms with E-state index in [4.69, 9.17) is 5.11 Å². The molecule has 2 aliphatic heterocycles. The van der Waals surface area contributed by atoms with Gasteiger partial charge in [0.1, 0.15) is 6.17 Å². The third kappa shape index (κ3) is 7.88. The van der Waals surface area contributed by atoms with Crippen molar-refractivity contribution in [1.29, 1.82) is 0 Å². The molecule has 2 aliphatic rings. The Morgan fingerprint density at radius 2 is 1.90 bits per heavy atom. The van der Waals surface area contributed by atoms with Gasteiger partial charge in [-0.1, -0.05) is 0 Å². The van der Waals surface area contributed by atoms with Crippen LogP contribution >= 0.6 is 0 Å². The van der Waals surface area contributed by atoms with Gasteiger partial charge >= 0.3 is 12.1 Å². The molecular formula is C19H32N4O6. The molecule has 2 rings (SSSR count). The van der Waals surface area contributed by atoms with Crippen LogP contribution in [0, 0.1) is 11.8 Å². The second-order valence-corrected chi connectivity index (χ2v) is 7.71. The summed E-state index contributed by atoms with van der Waals surface area (Å²) in [5, 5.41) is 17.1. The van der Waals surface area contributed by atoms with Crippen molar-refractivity contribution >= 4 is 23.9 Å². The molecule has 10 heteroatoms. The van der Waals surface area contributed by atoms with Crippen molar-refractivity contribution in [2.24, 2.45) is 11.8 Å². The number of likely N-dealkylation sites (tertiary alicyclic amines) is 1. The van der Waals surface area contributed by atoms with E-state index in [1.165, 1.54) is 0 Å². The number of amides is 3. The molecule has 0 aliphatic carbocycles. The molecule has 164 valence electrons. The van der Waals surface area contributed by atoms with E-state index in [1.54, 1.807) is 4.90 Å². The average molecular weight is 412 g/mol. The lowest BCUT2D eigenvalue weighted by atomic mass is 9.92. The second kappa shape index (κ2) is 11.6. The summed E-state index contributed by atoms with van der Waals surface area (Å²) >= 11 is 0. The number of carbonyl (C=O) groups is 4. The Kier molecular flexibility index (Phi) is 9.17. The van der Waals surface area contributed by atoms with Gasteiger partial charge in [0.25, 0.3) is 0 Å². The zero-order valence-electron chi connectivity index (χ0n) is 16.9. The lowest BCUT2D eigenvalue weighted by molar-refractivity contribution is -0.138. The zero-order chi connectivity index (χ0) is 21.2. The maximum absolute atomic E-state index is 12.6. The second-order valence-electron chi connectivity index (χ2n) is 7.71. The van der Waals surface area contributed by atoms with Crippen molar-refractivity contribution in [3.63, 3.8) is 0 Å². The molecule has 0 aromatic heterocycles. The highest BCUT2D eigenvalue weighted by molar-refractivity contribution is 5.82. The van der Waals surface area contributed by atoms with Crippen LogP contribution in [0.4, 0.5) is 4.79 Å². The van der Waals surface area contributed by atoms with Crippen LogP contribution in [0.15, 0.2) is 0 Å². The van der Waals surface area contributed by atoms with Crippen LogP contribution in [-0.4, -0.2) is 73.3 Å². The number of methoxy groups -OCH3 is 1. The van der Waals surface area contributed by atoms with Crippen molar-refractivity contribution in [3.05, 3.63) is 0 Å². The Morgan fingerprint density at radius 3 is 2.55 bits per heavy atom. The van der Waals surface area contributed by atoms with Crippen LogP contribution in [-0.2, 0) is 19.1 Å². The highest BCUT2D eigenvalue weighted by atomic mass is 16.5. The van der Waals surface area contributed by atoms with Gasteiger partial charge in [-0.15, -0.1) is 0 Å². The Bertz CT molecular complexity index is 593. The Labute approximate surface area is 170 Å². The molecule has 10 nitrogen and oxygen atoms in total. The smallest absolute Gasteiger partial charge is 0.408 e. The minimum Gasteiger partial charge on any atom is -0.481 e. The third-order valence-electron chi connectivity index (χ3n) is 5.54. The Morgan fingerprint density at radius 1 is 1.17 bits per heavy atom. The minimum atomic E-state index is -1.16. The first-order valence-corrected chi connectivity index (χ1v) is 10.2. The van der Waals surface area contributed by atoms with Crippen molar-refractivity contribution < 1.29 is 29.0 Å². The molecule has 2 atom stereocenters. The summed E-state index contributed by atoms with van der Waals surface area (Å²) in [6.07, 6.45) is 2.52. The van der Waals surface area contributed by atoms with Crippen LogP contribution in [0.5, 0.6) is 0 Å². The fraction of sp³-hybridized carbons (Fsp3) is 0.789. The predicted octanol–water partition coefficient (Wildman–Crippen LogP) is 0.278. The number of carboxylic acids is 1. The molecule has 3 amide bonds. The summed E-state index contributed by atoms with van der Waals surface area (Å²) in [7, 11) is 1.16. The van der Waals surface area contributed by atoms with E-state index in [2.05, 4.69) is 20.7 Å². The van der Waals surface area contributed by atoms with Gasteiger partial charge in [-0.2, -0.15) is 0 Å². The van der Waals surface area contributed by atoms with Gasteiger partial charge in [-0.3, -0.25) is 14.4 Å². The first-order chi connectivity index (χ1) is 13.9. The van der Waals surface area contributed by atoms with Gasteiger partial charge in [0, 0.05) is 19.5 Å². The zero-order valence-corrected chi connectivity index (χ0v) is 16.9. The van der Waals surface area contributed by atoms with E-state index in [0.29, 0.717) is 38.3 Å². The normalized spacial score (nSPS) is 21.1. The molecule has 0 aromatic rings. The monoisotopic (exact) mass is 412 g/mol. The van der Waals surface area contributed by atoms with E-state index in [-0.39, 0.29) is 11.8 Å². The quantitative estimate of drug-likeness (QED) is 0.420. The largest absolute Gasteiger partial charge is 0.481 e. The van der Waals surface area contributed by atoms with E-state index >= 15 is 0 Å². The van der Waals surface area contributed by atoms with Crippen LogP contribution in [0.2, 0.25) is 0 Å². The van der Waals surface area contributed by atoms with Crippen molar-refractivity contribution in [3.8, 4) is 0 Å². The summed E-state index contributed by atoms with van der Waals surface area (Å²) in [4.78, 5) is 49.3. The lowest BCUT2D eigenvalue weighted by Crippen LogP contribution is -2.53.